The summed E-state index contributed by atoms with van der Waals surface area (Å²) in [6, 6.07) is 0. The van der Waals surface area contributed by atoms with Gasteiger partial charge in [-0.2, -0.15) is 0 Å². The van der Waals surface area contributed by atoms with E-state index < -0.39 is 0 Å². The van der Waals surface area contributed by atoms with Crippen LogP contribution >= 0.6 is 0 Å². The molecule has 0 atom stereocenters. The van der Waals surface area contributed by atoms with Crippen LogP contribution in [0.2, 0.25) is 0 Å². The molecule has 32 valence electrons. The van der Waals surface area contributed by atoms with E-state index >= 15 is 0 Å². The minimum atomic E-state index is 0. The van der Waals surface area contributed by atoms with Crippen LogP contribution < -0.4 is 24.0 Å². The van der Waals surface area contributed by atoms with Crippen molar-refractivity contribution in [2.24, 2.45) is 0 Å². The molecule has 6 heavy (non-hydrogen) atoms. The van der Waals surface area contributed by atoms with Crippen molar-refractivity contribution in [2.45, 2.75) is 0 Å². The van der Waals surface area contributed by atoms with E-state index in [4.69, 9.17) is 0 Å². The molecule has 0 radical (unpaired) electrons. The van der Waals surface area contributed by atoms with Gasteiger partial charge in [-0.05, 0) is 0 Å². The zero-order valence-electron chi connectivity index (χ0n) is 3.48. The van der Waals surface area contributed by atoms with Crippen molar-refractivity contribution in [1.82, 2.24) is 0 Å². The first-order valence-corrected chi connectivity index (χ1v) is 1.39. The topological polar surface area (TPSA) is 9.23 Å². The minimum Gasteiger partial charge on any atom is -1.00 e. The van der Waals surface area contributed by atoms with Gasteiger partial charge in [0, 0.05) is 0 Å². The third-order valence-electron chi connectivity index (χ3n) is 0.471. The third-order valence-corrected chi connectivity index (χ3v) is 0.471. The number of halogens is 1. The van der Waals surface area contributed by atoms with Crippen molar-refractivity contribution in [3.8, 4) is 0 Å². The van der Waals surface area contributed by atoms with Crippen LogP contribution in [0.25, 0.3) is 0 Å². The van der Waals surface area contributed by atoms with E-state index in [0.717, 1.165) is 13.2 Å². The van der Waals surface area contributed by atoms with Crippen LogP contribution in [-0.4, -0.2) is 36.3 Å². The van der Waals surface area contributed by atoms with Crippen LogP contribution in [-0.2, 0) is 4.74 Å². The van der Waals surface area contributed by atoms with E-state index in [1.807, 2.05) is 0 Å². The summed E-state index contributed by atoms with van der Waals surface area (Å²) in [7, 11) is 0. The van der Waals surface area contributed by atoms with Gasteiger partial charge in [0.25, 0.3) is 0 Å². The maximum absolute atomic E-state index is 4.67. The van der Waals surface area contributed by atoms with Gasteiger partial charge in [0.05, 0.1) is 0 Å². The molecule has 1 nitrogen and oxygen atoms in total. The largest absolute Gasteiger partial charge is 2.00 e. The van der Waals surface area contributed by atoms with E-state index in [1.54, 1.807) is 0 Å². The summed E-state index contributed by atoms with van der Waals surface area (Å²) < 4.78 is 4.67. The molecule has 0 aromatic heterocycles. The average molecular weight is 208 g/mol. The maximum atomic E-state index is 4.67. The van der Waals surface area contributed by atoms with Crippen LogP contribution in [0.3, 0.4) is 0 Å². The van der Waals surface area contributed by atoms with Gasteiger partial charge in [0.2, 0.25) is 0 Å². The second-order valence-electron chi connectivity index (χ2n) is 0.826. The van der Waals surface area contributed by atoms with Crippen molar-refractivity contribution in [1.29, 1.82) is 0 Å². The SMILES string of the molecule is [CH-]1COC1.[I-].[Mg+2]. The standard InChI is InChI=1S/C3H5O.HI.Mg/c1-2-4-3-1;;/h1H,2-3H2;1H;/q-1;;+2/p-1. The monoisotopic (exact) mass is 208 g/mol. The van der Waals surface area contributed by atoms with Crippen molar-refractivity contribution in [3.05, 3.63) is 6.42 Å². The third kappa shape index (κ3) is 3.64. The molecule has 0 aromatic carbocycles. The Balaban J connectivity index is 0. The van der Waals surface area contributed by atoms with E-state index in [1.165, 1.54) is 0 Å². The Hall–Kier alpha value is 1.46. The minimum absolute atomic E-state index is 0. The number of ether oxygens (including phenoxy) is 1. The average Bonchev–Trinajstić information content (AvgIpc) is 0.722. The Labute approximate surface area is 71.0 Å². The molecule has 0 aliphatic carbocycles. The molecule has 3 heteroatoms. The van der Waals surface area contributed by atoms with Gasteiger partial charge < -0.3 is 28.7 Å². The van der Waals surface area contributed by atoms with Crippen LogP contribution in [0.1, 0.15) is 0 Å². The molecule has 1 aliphatic heterocycles. The fourth-order valence-corrected chi connectivity index (χ4v) is 0.118. The van der Waals surface area contributed by atoms with Gasteiger partial charge in [-0.25, -0.2) is 0 Å². The van der Waals surface area contributed by atoms with Gasteiger partial charge >= 0.3 is 23.1 Å². The molecular formula is C3H5IMgO. The zero-order chi connectivity index (χ0) is 2.83. The summed E-state index contributed by atoms with van der Waals surface area (Å²) in [4.78, 5) is 0. The van der Waals surface area contributed by atoms with E-state index in [9.17, 15) is 0 Å². The van der Waals surface area contributed by atoms with Gasteiger partial charge in [0.1, 0.15) is 0 Å². The Bertz CT molecular complexity index is 18.8. The fourth-order valence-electron chi connectivity index (χ4n) is 0.118. The van der Waals surface area contributed by atoms with Crippen molar-refractivity contribution >= 4 is 23.1 Å². The smallest absolute Gasteiger partial charge is 1.00 e. The number of hydrogen-bond acceptors (Lipinski definition) is 1. The normalized spacial score (nSPS) is 16.0. The molecule has 1 rings (SSSR count). The van der Waals surface area contributed by atoms with Crippen molar-refractivity contribution in [3.63, 3.8) is 0 Å². The van der Waals surface area contributed by atoms with E-state index in [0.29, 0.717) is 0 Å². The Morgan fingerprint density at radius 3 is 1.50 bits per heavy atom. The van der Waals surface area contributed by atoms with Crippen LogP contribution in [0.5, 0.6) is 0 Å². The Morgan fingerprint density at radius 2 is 1.50 bits per heavy atom. The second-order valence-corrected chi connectivity index (χ2v) is 0.826. The molecule has 0 bridgehead atoms. The van der Waals surface area contributed by atoms with Crippen LogP contribution in [0.15, 0.2) is 0 Å². The first kappa shape index (κ1) is 10.4. The van der Waals surface area contributed by atoms with Gasteiger partial charge in [-0.15, -0.1) is 0 Å². The molecule has 1 saturated heterocycles. The predicted octanol–water partition coefficient (Wildman–Crippen LogP) is -3.16. The Kier molecular flexibility index (Phi) is 11.2. The first-order valence-electron chi connectivity index (χ1n) is 1.39. The number of hydrogen-bond donors (Lipinski definition) is 0. The van der Waals surface area contributed by atoms with Crippen molar-refractivity contribution in [2.75, 3.05) is 13.2 Å². The van der Waals surface area contributed by atoms with Gasteiger partial charge in [-0.3, -0.25) is 6.42 Å². The summed E-state index contributed by atoms with van der Waals surface area (Å²) >= 11 is 0. The van der Waals surface area contributed by atoms with Crippen LogP contribution in [0, 0.1) is 6.42 Å². The second kappa shape index (κ2) is 6.46. The van der Waals surface area contributed by atoms with Gasteiger partial charge in [-0.1, -0.05) is 13.2 Å². The molecule has 1 aliphatic rings. The van der Waals surface area contributed by atoms with E-state index in [-0.39, 0.29) is 47.0 Å². The molecule has 0 N–H and O–H groups in total. The van der Waals surface area contributed by atoms with Crippen molar-refractivity contribution < 1.29 is 28.7 Å². The summed E-state index contributed by atoms with van der Waals surface area (Å²) in [5.41, 5.74) is 0. The molecule has 0 unspecified atom stereocenters. The number of rotatable bonds is 0. The quantitative estimate of drug-likeness (QED) is 0.232. The van der Waals surface area contributed by atoms with Crippen LogP contribution in [0.4, 0.5) is 0 Å². The maximum Gasteiger partial charge on any atom is 2.00 e. The summed E-state index contributed by atoms with van der Waals surface area (Å²) in [6.07, 6.45) is 2.08. The van der Waals surface area contributed by atoms with E-state index in [2.05, 4.69) is 11.2 Å². The molecule has 0 saturated carbocycles. The first-order chi connectivity index (χ1) is 2.00. The predicted molar refractivity (Wildman–Crippen MR) is 20.9 cm³/mol. The molecule has 0 aromatic rings. The fraction of sp³-hybridized carbons (Fsp3) is 0.667. The molecule has 0 spiro atoms. The summed E-state index contributed by atoms with van der Waals surface area (Å²) in [5.74, 6) is 0. The Morgan fingerprint density at radius 1 is 1.33 bits per heavy atom. The molecule has 0 amide bonds. The molecule has 1 heterocycles. The summed E-state index contributed by atoms with van der Waals surface area (Å²) in [5, 5.41) is 0. The zero-order valence-corrected chi connectivity index (χ0v) is 7.06. The molecular weight excluding hydrogens is 203 g/mol. The summed E-state index contributed by atoms with van der Waals surface area (Å²) in [6.45, 7) is 1.75. The van der Waals surface area contributed by atoms with Gasteiger partial charge in [0.15, 0.2) is 0 Å². The molecule has 1 fully saturated rings.